The number of benzene rings is 1. The Hall–Kier alpha value is -1.77. The van der Waals surface area contributed by atoms with E-state index in [1.165, 1.54) is 35.2 Å². The summed E-state index contributed by atoms with van der Waals surface area (Å²) in [6.07, 6.45) is 5.91. The van der Waals surface area contributed by atoms with E-state index >= 15 is 0 Å². The monoisotopic (exact) mass is 284 g/mol. The van der Waals surface area contributed by atoms with Crippen LogP contribution in [-0.2, 0) is 12.8 Å². The highest BCUT2D eigenvalue weighted by Crippen LogP contribution is 2.35. The van der Waals surface area contributed by atoms with Crippen LogP contribution in [0.5, 0.6) is 5.75 Å². The first-order valence-corrected chi connectivity index (χ1v) is 8.15. The van der Waals surface area contributed by atoms with Crippen molar-refractivity contribution in [3.05, 3.63) is 29.5 Å². The molecule has 1 N–H and O–H groups in total. The van der Waals surface area contributed by atoms with E-state index in [0.29, 0.717) is 6.61 Å². The lowest BCUT2D eigenvalue weighted by atomic mass is 9.92. The molecule has 2 aromatic rings. The molecule has 0 fully saturated rings. The molecule has 0 saturated carbocycles. The quantitative estimate of drug-likeness (QED) is 0.887. The molecule has 0 bridgehead atoms. The summed E-state index contributed by atoms with van der Waals surface area (Å²) in [5, 5.41) is 4.84. The van der Waals surface area contributed by atoms with Crippen LogP contribution in [0, 0.1) is 0 Å². The SMILES string of the molecule is CCCNc1c2c(nc3ccc(OCC)cc13)CCCC2. The van der Waals surface area contributed by atoms with E-state index in [9.17, 15) is 0 Å². The summed E-state index contributed by atoms with van der Waals surface area (Å²) in [6, 6.07) is 6.25. The van der Waals surface area contributed by atoms with Crippen LogP contribution in [0.1, 0.15) is 44.4 Å². The van der Waals surface area contributed by atoms with Gasteiger partial charge in [-0.05, 0) is 62.8 Å². The molecule has 1 aliphatic rings. The van der Waals surface area contributed by atoms with Crippen LogP contribution >= 0.6 is 0 Å². The molecule has 1 aliphatic carbocycles. The van der Waals surface area contributed by atoms with E-state index in [0.717, 1.165) is 37.1 Å². The van der Waals surface area contributed by atoms with E-state index < -0.39 is 0 Å². The lowest BCUT2D eigenvalue weighted by molar-refractivity contribution is 0.340. The minimum Gasteiger partial charge on any atom is -0.494 e. The van der Waals surface area contributed by atoms with Crippen LogP contribution in [0.15, 0.2) is 18.2 Å². The summed E-state index contributed by atoms with van der Waals surface area (Å²) >= 11 is 0. The summed E-state index contributed by atoms with van der Waals surface area (Å²) < 4.78 is 5.66. The molecule has 21 heavy (non-hydrogen) atoms. The second-order valence-electron chi connectivity index (χ2n) is 5.66. The highest BCUT2D eigenvalue weighted by Gasteiger charge is 2.18. The molecule has 0 spiro atoms. The lowest BCUT2D eigenvalue weighted by Gasteiger charge is -2.22. The van der Waals surface area contributed by atoms with Crippen molar-refractivity contribution in [3.63, 3.8) is 0 Å². The summed E-state index contributed by atoms with van der Waals surface area (Å²) in [5.41, 5.74) is 5.09. The Morgan fingerprint density at radius 1 is 1.19 bits per heavy atom. The highest BCUT2D eigenvalue weighted by atomic mass is 16.5. The Bertz CT molecular complexity index is 637. The molecule has 3 rings (SSSR count). The van der Waals surface area contributed by atoms with Crippen molar-refractivity contribution in [2.45, 2.75) is 46.0 Å². The molecule has 3 nitrogen and oxygen atoms in total. The Balaban J connectivity index is 2.15. The molecule has 0 atom stereocenters. The fourth-order valence-corrected chi connectivity index (χ4v) is 3.11. The molecule has 0 radical (unpaired) electrons. The largest absolute Gasteiger partial charge is 0.494 e. The summed E-state index contributed by atoms with van der Waals surface area (Å²) in [7, 11) is 0. The van der Waals surface area contributed by atoms with Gasteiger partial charge in [0, 0.05) is 23.3 Å². The Morgan fingerprint density at radius 2 is 2.05 bits per heavy atom. The van der Waals surface area contributed by atoms with E-state index in [2.05, 4.69) is 24.4 Å². The average molecular weight is 284 g/mol. The number of nitrogens with zero attached hydrogens (tertiary/aromatic N) is 1. The van der Waals surface area contributed by atoms with Crippen molar-refractivity contribution in [2.75, 3.05) is 18.5 Å². The van der Waals surface area contributed by atoms with Crippen LogP contribution in [-0.4, -0.2) is 18.1 Å². The molecule has 0 saturated heterocycles. The third-order valence-corrected chi connectivity index (χ3v) is 4.10. The number of anilines is 1. The van der Waals surface area contributed by atoms with E-state index in [4.69, 9.17) is 9.72 Å². The molecule has 0 amide bonds. The van der Waals surface area contributed by atoms with Crippen molar-refractivity contribution >= 4 is 16.6 Å². The van der Waals surface area contributed by atoms with Gasteiger partial charge in [0.25, 0.3) is 0 Å². The number of fused-ring (bicyclic) bond motifs is 2. The zero-order valence-electron chi connectivity index (χ0n) is 13.0. The first-order chi connectivity index (χ1) is 10.3. The Labute approximate surface area is 126 Å². The Kier molecular flexibility index (Phi) is 4.28. The zero-order valence-corrected chi connectivity index (χ0v) is 13.0. The van der Waals surface area contributed by atoms with Crippen LogP contribution in [0.25, 0.3) is 10.9 Å². The molecule has 112 valence electrons. The van der Waals surface area contributed by atoms with Gasteiger partial charge < -0.3 is 10.1 Å². The minimum absolute atomic E-state index is 0.696. The van der Waals surface area contributed by atoms with Crippen molar-refractivity contribution in [2.24, 2.45) is 0 Å². The highest BCUT2D eigenvalue weighted by molar-refractivity contribution is 5.94. The number of pyridine rings is 1. The van der Waals surface area contributed by atoms with Crippen LogP contribution < -0.4 is 10.1 Å². The number of rotatable bonds is 5. The second kappa shape index (κ2) is 6.33. The predicted octanol–water partition coefficient (Wildman–Crippen LogP) is 4.33. The van der Waals surface area contributed by atoms with Gasteiger partial charge in [-0.25, -0.2) is 0 Å². The number of aryl methyl sites for hydroxylation is 1. The van der Waals surface area contributed by atoms with E-state index in [1.54, 1.807) is 0 Å². The molecule has 1 aromatic carbocycles. The molecule has 0 unspecified atom stereocenters. The maximum Gasteiger partial charge on any atom is 0.120 e. The van der Waals surface area contributed by atoms with Gasteiger partial charge >= 0.3 is 0 Å². The van der Waals surface area contributed by atoms with Gasteiger partial charge in [0.1, 0.15) is 5.75 Å². The van der Waals surface area contributed by atoms with Gasteiger partial charge in [0.05, 0.1) is 12.1 Å². The maximum atomic E-state index is 5.66. The third kappa shape index (κ3) is 2.82. The number of ether oxygens (including phenoxy) is 1. The molecule has 0 aliphatic heterocycles. The zero-order chi connectivity index (χ0) is 14.7. The number of aromatic nitrogens is 1. The van der Waals surface area contributed by atoms with Gasteiger partial charge in [-0.15, -0.1) is 0 Å². The van der Waals surface area contributed by atoms with Gasteiger partial charge in [0.2, 0.25) is 0 Å². The Morgan fingerprint density at radius 3 is 2.86 bits per heavy atom. The summed E-state index contributed by atoms with van der Waals surface area (Å²) in [6.45, 7) is 5.92. The first-order valence-electron chi connectivity index (χ1n) is 8.15. The smallest absolute Gasteiger partial charge is 0.120 e. The van der Waals surface area contributed by atoms with Crippen LogP contribution in [0.3, 0.4) is 0 Å². The van der Waals surface area contributed by atoms with Crippen molar-refractivity contribution in [1.82, 2.24) is 4.98 Å². The van der Waals surface area contributed by atoms with Gasteiger partial charge in [-0.3, -0.25) is 4.98 Å². The van der Waals surface area contributed by atoms with E-state index in [1.807, 2.05) is 13.0 Å². The lowest BCUT2D eigenvalue weighted by Crippen LogP contribution is -2.12. The molecule has 1 heterocycles. The second-order valence-corrected chi connectivity index (χ2v) is 5.66. The molecule has 1 aromatic heterocycles. The minimum atomic E-state index is 0.696. The van der Waals surface area contributed by atoms with Crippen molar-refractivity contribution in [1.29, 1.82) is 0 Å². The maximum absolute atomic E-state index is 5.66. The third-order valence-electron chi connectivity index (χ3n) is 4.10. The number of hydrogen-bond donors (Lipinski definition) is 1. The van der Waals surface area contributed by atoms with Crippen LogP contribution in [0.2, 0.25) is 0 Å². The van der Waals surface area contributed by atoms with Gasteiger partial charge in [-0.1, -0.05) is 6.92 Å². The number of nitrogens with one attached hydrogen (secondary N) is 1. The molecular formula is C18H24N2O. The van der Waals surface area contributed by atoms with Gasteiger partial charge in [-0.2, -0.15) is 0 Å². The fourth-order valence-electron chi connectivity index (χ4n) is 3.11. The molecular weight excluding hydrogens is 260 g/mol. The fraction of sp³-hybridized carbons (Fsp3) is 0.500. The van der Waals surface area contributed by atoms with Crippen molar-refractivity contribution in [3.8, 4) is 5.75 Å². The van der Waals surface area contributed by atoms with Crippen molar-refractivity contribution < 1.29 is 4.74 Å². The van der Waals surface area contributed by atoms with Gasteiger partial charge in [0.15, 0.2) is 0 Å². The first kappa shape index (κ1) is 14.2. The van der Waals surface area contributed by atoms with Crippen LogP contribution in [0.4, 0.5) is 5.69 Å². The molecule has 3 heteroatoms. The topological polar surface area (TPSA) is 34.2 Å². The van der Waals surface area contributed by atoms with E-state index in [-0.39, 0.29) is 0 Å². The normalized spacial score (nSPS) is 14.0. The summed E-state index contributed by atoms with van der Waals surface area (Å²) in [4.78, 5) is 4.89. The average Bonchev–Trinajstić information content (AvgIpc) is 2.52. The standard InChI is InChI=1S/C18H24N2O/c1-3-11-19-18-14-7-5-6-8-16(14)20-17-10-9-13(21-4-2)12-15(17)18/h9-10,12H,3-8,11H2,1-2H3,(H,19,20). The number of hydrogen-bond acceptors (Lipinski definition) is 3. The summed E-state index contributed by atoms with van der Waals surface area (Å²) in [5.74, 6) is 0.933. The predicted molar refractivity (Wildman–Crippen MR) is 88.3 cm³/mol.